The summed E-state index contributed by atoms with van der Waals surface area (Å²) in [6.07, 6.45) is 6.56. The van der Waals surface area contributed by atoms with Crippen molar-refractivity contribution in [3.05, 3.63) is 79.1 Å². The zero-order chi connectivity index (χ0) is 20.1. The third-order valence-electron chi connectivity index (χ3n) is 5.53. The van der Waals surface area contributed by atoms with Crippen LogP contribution in [-0.2, 0) is 30.7 Å². The van der Waals surface area contributed by atoms with Crippen molar-refractivity contribution in [2.24, 2.45) is 0 Å². The summed E-state index contributed by atoms with van der Waals surface area (Å²) in [5, 5.41) is 0. The Balaban J connectivity index is 1.96. The molecule has 1 heterocycles. The molecule has 150 valence electrons. The smallest absolute Gasteiger partial charge is 0.330 e. The van der Waals surface area contributed by atoms with E-state index in [2.05, 4.69) is 29.2 Å². The van der Waals surface area contributed by atoms with Gasteiger partial charge in [-0.05, 0) is 63.0 Å². The second-order valence-electron chi connectivity index (χ2n) is 7.74. The average molecular weight is 383 g/mol. The highest BCUT2D eigenvalue weighted by Gasteiger charge is 2.24. The van der Waals surface area contributed by atoms with Crippen molar-refractivity contribution in [1.82, 2.24) is 9.55 Å². The molecule has 3 rings (SSSR count). The number of ether oxygens (including phenoxy) is 1. The van der Waals surface area contributed by atoms with E-state index in [4.69, 9.17) is 4.74 Å². The molecule has 1 aromatic carbocycles. The first-order valence-corrected chi connectivity index (χ1v) is 10.1. The summed E-state index contributed by atoms with van der Waals surface area (Å²) in [7, 11) is 0. The average Bonchev–Trinajstić information content (AvgIpc) is 2.67. The lowest BCUT2D eigenvalue weighted by Gasteiger charge is -2.27. The van der Waals surface area contributed by atoms with Crippen molar-refractivity contribution in [2.75, 3.05) is 6.61 Å². The number of nitrogens with zero attached hydrogens (tertiary/aromatic N) is 1. The molecule has 2 aromatic rings. The van der Waals surface area contributed by atoms with Crippen molar-refractivity contribution < 1.29 is 4.74 Å². The van der Waals surface area contributed by atoms with Crippen molar-refractivity contribution >= 4 is 0 Å². The second-order valence-corrected chi connectivity index (χ2v) is 7.74. The van der Waals surface area contributed by atoms with E-state index in [1.54, 1.807) is 4.57 Å². The molecule has 1 atom stereocenters. The molecule has 1 aliphatic carbocycles. The molecule has 0 spiro atoms. The van der Waals surface area contributed by atoms with Gasteiger partial charge in [-0.1, -0.05) is 42.8 Å². The number of fused-ring (bicyclic) bond motifs is 1. The molecule has 0 radical (unpaired) electrons. The normalized spacial score (nSPS) is 15.9. The lowest BCUT2D eigenvalue weighted by Crippen LogP contribution is -2.36. The van der Waals surface area contributed by atoms with Crippen molar-refractivity contribution in [1.29, 1.82) is 0 Å². The Bertz CT molecular complexity index is 965. The number of benzene rings is 1. The number of rotatable bonds is 7. The summed E-state index contributed by atoms with van der Waals surface area (Å²) in [5.41, 5.74) is 4.74. The maximum atomic E-state index is 12.6. The molecule has 0 aliphatic heterocycles. The van der Waals surface area contributed by atoms with E-state index in [1.165, 1.54) is 16.7 Å². The highest BCUT2D eigenvalue weighted by Crippen LogP contribution is 2.34. The molecule has 1 aromatic heterocycles. The first-order valence-electron chi connectivity index (χ1n) is 10.1. The Morgan fingerprint density at radius 3 is 2.82 bits per heavy atom. The Morgan fingerprint density at radius 2 is 2.07 bits per heavy atom. The van der Waals surface area contributed by atoms with Gasteiger partial charge in [-0.25, -0.2) is 4.79 Å². The van der Waals surface area contributed by atoms with Crippen LogP contribution < -0.4 is 11.2 Å². The highest BCUT2D eigenvalue weighted by atomic mass is 16.5. The standard InChI is InChI=1S/C23H30N2O3/c1-4-19-21(14-18-10-7-9-17-8-5-6-11-20(17)18)25(23(27)24-22(19)26)15-28-13-12-16(2)3/h5-6,8,11-12,18H,4,7,9-10,13-15H2,1-3H3,(H,24,26,27). The van der Waals surface area contributed by atoms with Gasteiger partial charge in [-0.15, -0.1) is 0 Å². The Kier molecular flexibility index (Phi) is 6.68. The Hall–Kier alpha value is -2.40. The van der Waals surface area contributed by atoms with E-state index in [1.807, 2.05) is 26.8 Å². The van der Waals surface area contributed by atoms with Crippen LogP contribution in [0.1, 0.15) is 61.9 Å². The number of aromatic amines is 1. The molecule has 28 heavy (non-hydrogen) atoms. The molecule has 1 unspecified atom stereocenters. The van der Waals surface area contributed by atoms with Gasteiger partial charge in [0.2, 0.25) is 0 Å². The highest BCUT2D eigenvalue weighted by molar-refractivity contribution is 5.34. The molecule has 5 nitrogen and oxygen atoms in total. The van der Waals surface area contributed by atoms with Gasteiger partial charge in [0.05, 0.1) is 6.61 Å². The van der Waals surface area contributed by atoms with Crippen LogP contribution in [0.4, 0.5) is 0 Å². The van der Waals surface area contributed by atoms with E-state index in [-0.39, 0.29) is 12.3 Å². The zero-order valence-corrected chi connectivity index (χ0v) is 17.1. The number of allylic oxidation sites excluding steroid dienone is 1. The van der Waals surface area contributed by atoms with Crippen LogP contribution in [0, 0.1) is 0 Å². The van der Waals surface area contributed by atoms with Crippen molar-refractivity contribution in [2.45, 2.75) is 65.5 Å². The molecule has 0 amide bonds. The van der Waals surface area contributed by atoms with Crippen LogP contribution in [0.25, 0.3) is 0 Å². The minimum absolute atomic E-state index is 0.149. The fourth-order valence-corrected chi connectivity index (χ4v) is 4.06. The van der Waals surface area contributed by atoms with Gasteiger partial charge in [0.1, 0.15) is 6.73 Å². The lowest BCUT2D eigenvalue weighted by atomic mass is 9.80. The van der Waals surface area contributed by atoms with E-state index in [0.717, 1.165) is 25.0 Å². The molecule has 0 bridgehead atoms. The molecular formula is C23H30N2O3. The molecule has 0 saturated heterocycles. The molecule has 1 N–H and O–H groups in total. The van der Waals surface area contributed by atoms with E-state index in [9.17, 15) is 9.59 Å². The predicted molar refractivity (Wildman–Crippen MR) is 112 cm³/mol. The van der Waals surface area contributed by atoms with Crippen LogP contribution in [0.3, 0.4) is 0 Å². The second kappa shape index (κ2) is 9.20. The van der Waals surface area contributed by atoms with Crippen LogP contribution in [0.2, 0.25) is 0 Å². The molecule has 5 heteroatoms. The van der Waals surface area contributed by atoms with Crippen LogP contribution in [0.15, 0.2) is 45.5 Å². The Morgan fingerprint density at radius 1 is 1.29 bits per heavy atom. The van der Waals surface area contributed by atoms with Gasteiger partial charge in [0.15, 0.2) is 0 Å². The first kappa shape index (κ1) is 20.3. The number of aryl methyl sites for hydroxylation is 1. The number of H-pyrrole nitrogens is 1. The van der Waals surface area contributed by atoms with Crippen LogP contribution >= 0.6 is 0 Å². The van der Waals surface area contributed by atoms with Gasteiger partial charge in [0, 0.05) is 11.3 Å². The van der Waals surface area contributed by atoms with Gasteiger partial charge in [-0.2, -0.15) is 0 Å². The minimum atomic E-state index is -0.390. The number of aromatic nitrogens is 2. The number of hydrogen-bond acceptors (Lipinski definition) is 3. The predicted octanol–water partition coefficient (Wildman–Crippen LogP) is 3.70. The van der Waals surface area contributed by atoms with Crippen molar-refractivity contribution in [3.63, 3.8) is 0 Å². The fraction of sp³-hybridized carbons (Fsp3) is 0.478. The third-order valence-corrected chi connectivity index (χ3v) is 5.53. The maximum absolute atomic E-state index is 12.6. The number of nitrogens with one attached hydrogen (secondary N) is 1. The molecule has 0 saturated carbocycles. The fourth-order valence-electron chi connectivity index (χ4n) is 4.06. The monoisotopic (exact) mass is 382 g/mol. The quantitative estimate of drug-likeness (QED) is 0.587. The summed E-state index contributed by atoms with van der Waals surface area (Å²) < 4.78 is 7.32. The van der Waals surface area contributed by atoms with E-state index in [0.29, 0.717) is 30.9 Å². The summed E-state index contributed by atoms with van der Waals surface area (Å²) in [6, 6.07) is 8.53. The largest absolute Gasteiger partial charge is 0.357 e. The van der Waals surface area contributed by atoms with E-state index < -0.39 is 5.69 Å². The Labute approximate surface area is 166 Å². The third kappa shape index (κ3) is 4.53. The van der Waals surface area contributed by atoms with Gasteiger partial charge in [0.25, 0.3) is 5.56 Å². The molecule has 1 aliphatic rings. The van der Waals surface area contributed by atoms with Crippen LogP contribution in [-0.4, -0.2) is 16.2 Å². The van der Waals surface area contributed by atoms with E-state index >= 15 is 0 Å². The van der Waals surface area contributed by atoms with Gasteiger partial charge in [-0.3, -0.25) is 14.3 Å². The van der Waals surface area contributed by atoms with Crippen molar-refractivity contribution in [3.8, 4) is 0 Å². The molecule has 0 fully saturated rings. The zero-order valence-electron chi connectivity index (χ0n) is 17.1. The summed E-state index contributed by atoms with van der Waals surface area (Å²) in [5.74, 6) is 0.320. The van der Waals surface area contributed by atoms with Gasteiger partial charge >= 0.3 is 5.69 Å². The summed E-state index contributed by atoms with van der Waals surface area (Å²) in [6.45, 7) is 6.58. The number of hydrogen-bond donors (Lipinski definition) is 1. The minimum Gasteiger partial charge on any atom is -0.357 e. The topological polar surface area (TPSA) is 64.1 Å². The first-order chi connectivity index (χ1) is 13.5. The summed E-state index contributed by atoms with van der Waals surface area (Å²) >= 11 is 0. The SMILES string of the molecule is CCc1c(CC2CCCc3ccccc32)n(COCC=C(C)C)c(=O)[nH]c1=O. The summed E-state index contributed by atoms with van der Waals surface area (Å²) in [4.78, 5) is 27.4. The van der Waals surface area contributed by atoms with Crippen LogP contribution in [0.5, 0.6) is 0 Å². The lowest BCUT2D eigenvalue weighted by molar-refractivity contribution is 0.0932. The molecular weight excluding hydrogens is 352 g/mol. The van der Waals surface area contributed by atoms with Gasteiger partial charge < -0.3 is 4.74 Å². The maximum Gasteiger partial charge on any atom is 0.330 e.